The summed E-state index contributed by atoms with van der Waals surface area (Å²) in [5.74, 6) is -1.99. The molecule has 0 bridgehead atoms. The molecule has 0 saturated carbocycles. The van der Waals surface area contributed by atoms with Crippen LogP contribution in [0.1, 0.15) is 12.5 Å². The van der Waals surface area contributed by atoms with Crippen molar-refractivity contribution in [3.8, 4) is 0 Å². The summed E-state index contributed by atoms with van der Waals surface area (Å²) in [5.41, 5.74) is 5.99. The van der Waals surface area contributed by atoms with E-state index in [4.69, 9.17) is 5.73 Å². The maximum atomic E-state index is 12.7. The summed E-state index contributed by atoms with van der Waals surface area (Å²) < 4.78 is 25.3. The fourth-order valence-corrected chi connectivity index (χ4v) is 1.06. The SMILES string of the molecule is CC(=O)[C@H](N)Cc1ccc(F)c(F)c1. The van der Waals surface area contributed by atoms with Gasteiger partial charge in [-0.2, -0.15) is 0 Å². The van der Waals surface area contributed by atoms with Gasteiger partial charge in [-0.15, -0.1) is 0 Å². The lowest BCUT2D eigenvalue weighted by atomic mass is 10.0. The highest BCUT2D eigenvalue weighted by atomic mass is 19.2. The van der Waals surface area contributed by atoms with Gasteiger partial charge in [-0.3, -0.25) is 4.79 Å². The van der Waals surface area contributed by atoms with E-state index in [1.807, 2.05) is 0 Å². The van der Waals surface area contributed by atoms with E-state index in [9.17, 15) is 13.6 Å². The van der Waals surface area contributed by atoms with E-state index in [0.29, 0.717) is 5.56 Å². The predicted molar refractivity (Wildman–Crippen MR) is 48.7 cm³/mol. The molecule has 0 heterocycles. The maximum Gasteiger partial charge on any atom is 0.159 e. The minimum Gasteiger partial charge on any atom is -0.321 e. The lowest BCUT2D eigenvalue weighted by Crippen LogP contribution is -2.30. The van der Waals surface area contributed by atoms with Crippen LogP contribution in [0.3, 0.4) is 0 Å². The molecule has 0 aliphatic heterocycles. The minimum absolute atomic E-state index is 0.172. The van der Waals surface area contributed by atoms with Gasteiger partial charge in [0.2, 0.25) is 0 Å². The smallest absolute Gasteiger partial charge is 0.159 e. The van der Waals surface area contributed by atoms with Crippen molar-refractivity contribution in [2.45, 2.75) is 19.4 Å². The number of carbonyl (C=O) groups is 1. The molecule has 1 rings (SSSR count). The Morgan fingerprint density at radius 3 is 2.57 bits per heavy atom. The summed E-state index contributed by atoms with van der Waals surface area (Å²) in [4.78, 5) is 10.8. The largest absolute Gasteiger partial charge is 0.321 e. The molecular weight excluding hydrogens is 188 g/mol. The van der Waals surface area contributed by atoms with E-state index in [-0.39, 0.29) is 12.2 Å². The van der Waals surface area contributed by atoms with Crippen molar-refractivity contribution >= 4 is 5.78 Å². The number of carbonyl (C=O) groups excluding carboxylic acids is 1. The molecule has 0 radical (unpaired) electrons. The average Bonchev–Trinajstić information content (AvgIpc) is 2.11. The first-order chi connectivity index (χ1) is 6.50. The first-order valence-corrected chi connectivity index (χ1v) is 4.20. The number of Topliss-reactive ketones (excluding diaryl/α,β-unsaturated/α-hetero) is 1. The van der Waals surface area contributed by atoms with E-state index in [1.165, 1.54) is 13.0 Å². The molecule has 1 aromatic carbocycles. The van der Waals surface area contributed by atoms with Crippen LogP contribution in [0, 0.1) is 11.6 Å². The summed E-state index contributed by atoms with van der Waals surface area (Å²) >= 11 is 0. The molecule has 0 saturated heterocycles. The van der Waals surface area contributed by atoms with Crippen molar-refractivity contribution in [1.82, 2.24) is 0 Å². The molecule has 0 unspecified atom stereocenters. The van der Waals surface area contributed by atoms with E-state index < -0.39 is 17.7 Å². The molecule has 4 heteroatoms. The van der Waals surface area contributed by atoms with E-state index in [1.54, 1.807) is 0 Å². The van der Waals surface area contributed by atoms with Crippen LogP contribution >= 0.6 is 0 Å². The lowest BCUT2D eigenvalue weighted by Gasteiger charge is -2.07. The molecule has 0 fully saturated rings. The Morgan fingerprint density at radius 2 is 2.07 bits per heavy atom. The van der Waals surface area contributed by atoms with Crippen LogP contribution in [0.15, 0.2) is 18.2 Å². The standard InChI is InChI=1S/C10H11F2NO/c1-6(14)10(13)5-7-2-3-8(11)9(12)4-7/h2-4,10H,5,13H2,1H3/t10-/m1/s1. The summed E-state index contributed by atoms with van der Waals surface area (Å²) in [7, 11) is 0. The summed E-state index contributed by atoms with van der Waals surface area (Å²) in [6.07, 6.45) is 0.229. The van der Waals surface area contributed by atoms with Gasteiger partial charge in [0.1, 0.15) is 5.78 Å². The quantitative estimate of drug-likeness (QED) is 0.800. The third-order valence-corrected chi connectivity index (χ3v) is 1.96. The van der Waals surface area contributed by atoms with Gasteiger partial charge < -0.3 is 5.73 Å². The monoisotopic (exact) mass is 199 g/mol. The van der Waals surface area contributed by atoms with Crippen molar-refractivity contribution in [3.05, 3.63) is 35.4 Å². The van der Waals surface area contributed by atoms with Gasteiger partial charge in [0.25, 0.3) is 0 Å². The maximum absolute atomic E-state index is 12.7. The Balaban J connectivity index is 2.78. The van der Waals surface area contributed by atoms with Gasteiger partial charge in [-0.25, -0.2) is 8.78 Å². The molecule has 14 heavy (non-hydrogen) atoms. The number of nitrogens with two attached hydrogens (primary N) is 1. The molecule has 0 amide bonds. The van der Waals surface area contributed by atoms with Crippen molar-refractivity contribution in [2.24, 2.45) is 5.73 Å². The molecule has 1 aromatic rings. The molecule has 0 aromatic heterocycles. The van der Waals surface area contributed by atoms with E-state index in [2.05, 4.69) is 0 Å². The van der Waals surface area contributed by atoms with Crippen LogP contribution in [-0.4, -0.2) is 11.8 Å². The Morgan fingerprint density at radius 1 is 1.43 bits per heavy atom. The van der Waals surface area contributed by atoms with Crippen LogP contribution in [0.25, 0.3) is 0 Å². The van der Waals surface area contributed by atoms with Gasteiger partial charge in [-0.05, 0) is 31.0 Å². The summed E-state index contributed by atoms with van der Waals surface area (Å²) in [6, 6.07) is 2.84. The fraction of sp³-hybridized carbons (Fsp3) is 0.300. The van der Waals surface area contributed by atoms with E-state index >= 15 is 0 Å². The molecule has 1 atom stereocenters. The number of hydrogen-bond donors (Lipinski definition) is 1. The third-order valence-electron chi connectivity index (χ3n) is 1.96. The fourth-order valence-electron chi connectivity index (χ4n) is 1.06. The van der Waals surface area contributed by atoms with Crippen LogP contribution in [0.2, 0.25) is 0 Å². The van der Waals surface area contributed by atoms with Crippen LogP contribution in [0.4, 0.5) is 8.78 Å². The number of ketones is 1. The van der Waals surface area contributed by atoms with Crippen molar-refractivity contribution in [2.75, 3.05) is 0 Å². The molecule has 0 spiro atoms. The highest BCUT2D eigenvalue weighted by Gasteiger charge is 2.10. The Kier molecular flexibility index (Phi) is 3.30. The van der Waals surface area contributed by atoms with Crippen molar-refractivity contribution < 1.29 is 13.6 Å². The second kappa shape index (κ2) is 4.28. The van der Waals surface area contributed by atoms with Gasteiger partial charge >= 0.3 is 0 Å². The number of rotatable bonds is 3. The number of halogens is 2. The van der Waals surface area contributed by atoms with Gasteiger partial charge in [0.15, 0.2) is 11.6 Å². The van der Waals surface area contributed by atoms with Crippen molar-refractivity contribution in [3.63, 3.8) is 0 Å². The second-order valence-corrected chi connectivity index (χ2v) is 3.17. The number of benzene rings is 1. The van der Waals surface area contributed by atoms with Crippen molar-refractivity contribution in [1.29, 1.82) is 0 Å². The molecule has 2 nitrogen and oxygen atoms in total. The minimum atomic E-state index is -0.918. The number of hydrogen-bond acceptors (Lipinski definition) is 2. The topological polar surface area (TPSA) is 43.1 Å². The zero-order valence-corrected chi connectivity index (χ0v) is 7.76. The zero-order chi connectivity index (χ0) is 10.7. The summed E-state index contributed by atoms with van der Waals surface area (Å²) in [5, 5.41) is 0. The molecule has 0 aliphatic rings. The highest BCUT2D eigenvalue weighted by molar-refractivity contribution is 5.81. The Labute approximate surface area is 80.7 Å². The van der Waals surface area contributed by atoms with E-state index in [0.717, 1.165) is 12.1 Å². The zero-order valence-electron chi connectivity index (χ0n) is 7.76. The molecule has 2 N–H and O–H groups in total. The first-order valence-electron chi connectivity index (χ1n) is 4.20. The van der Waals surface area contributed by atoms with Gasteiger partial charge in [-0.1, -0.05) is 6.07 Å². The second-order valence-electron chi connectivity index (χ2n) is 3.17. The predicted octanol–water partition coefficient (Wildman–Crippen LogP) is 1.42. The molecule has 0 aliphatic carbocycles. The van der Waals surface area contributed by atoms with Crippen LogP contribution in [0.5, 0.6) is 0 Å². The Hall–Kier alpha value is -1.29. The normalized spacial score (nSPS) is 12.6. The van der Waals surface area contributed by atoms with Crippen LogP contribution in [-0.2, 0) is 11.2 Å². The van der Waals surface area contributed by atoms with Gasteiger partial charge in [0, 0.05) is 0 Å². The molecular formula is C10H11F2NO. The average molecular weight is 199 g/mol. The third kappa shape index (κ3) is 2.60. The summed E-state index contributed by atoms with van der Waals surface area (Å²) in [6.45, 7) is 1.37. The Bertz CT molecular complexity index is 352. The molecule has 76 valence electrons. The highest BCUT2D eigenvalue weighted by Crippen LogP contribution is 2.10. The van der Waals surface area contributed by atoms with Crippen LogP contribution < -0.4 is 5.73 Å². The lowest BCUT2D eigenvalue weighted by molar-refractivity contribution is -0.118. The first kappa shape index (κ1) is 10.8. The van der Waals surface area contributed by atoms with Gasteiger partial charge in [0.05, 0.1) is 6.04 Å².